The van der Waals surface area contributed by atoms with Crippen molar-refractivity contribution in [3.63, 3.8) is 0 Å². The van der Waals surface area contributed by atoms with Gasteiger partial charge in [-0.2, -0.15) is 5.10 Å². The Morgan fingerprint density at radius 3 is 2.72 bits per heavy atom. The largest absolute Gasteiger partial charge is 0.449 e. The number of rotatable bonds is 6. The van der Waals surface area contributed by atoms with Crippen LogP contribution in [0.2, 0.25) is 5.02 Å². The maximum absolute atomic E-state index is 12.2. The minimum absolute atomic E-state index is 0.101. The van der Waals surface area contributed by atoms with E-state index < -0.39 is 18.0 Å². The summed E-state index contributed by atoms with van der Waals surface area (Å²) in [5.41, 5.74) is 0.766. The van der Waals surface area contributed by atoms with Crippen molar-refractivity contribution in [3.05, 3.63) is 53.2 Å². The highest BCUT2D eigenvalue weighted by Crippen LogP contribution is 2.14. The van der Waals surface area contributed by atoms with E-state index in [1.54, 1.807) is 47.3 Å². The van der Waals surface area contributed by atoms with Gasteiger partial charge >= 0.3 is 5.97 Å². The number of hydrogen-bond donors (Lipinski definition) is 1. The van der Waals surface area contributed by atoms with Gasteiger partial charge in [0.1, 0.15) is 5.82 Å². The number of amides is 1. The van der Waals surface area contributed by atoms with Gasteiger partial charge in [0.2, 0.25) is 0 Å². The van der Waals surface area contributed by atoms with Crippen molar-refractivity contribution in [1.82, 2.24) is 9.78 Å². The van der Waals surface area contributed by atoms with E-state index >= 15 is 0 Å². The number of ether oxygens (including phenoxy) is 1. The third-order valence-corrected chi connectivity index (χ3v) is 3.57. The molecule has 0 radical (unpaired) electrons. The third kappa shape index (κ3) is 5.46. The molecule has 1 aromatic carbocycles. The zero-order valence-corrected chi connectivity index (χ0v) is 15.0. The van der Waals surface area contributed by atoms with Crippen LogP contribution in [-0.2, 0) is 14.3 Å². The number of carbonyl (C=O) groups is 2. The van der Waals surface area contributed by atoms with Crippen molar-refractivity contribution in [2.45, 2.75) is 32.9 Å². The molecule has 0 saturated heterocycles. The molecule has 0 aliphatic rings. The molecule has 7 heteroatoms. The van der Waals surface area contributed by atoms with Crippen LogP contribution in [0.15, 0.2) is 42.6 Å². The van der Waals surface area contributed by atoms with E-state index in [-0.39, 0.29) is 6.04 Å². The summed E-state index contributed by atoms with van der Waals surface area (Å²) in [6.07, 6.45) is 3.49. The van der Waals surface area contributed by atoms with E-state index in [1.807, 2.05) is 13.8 Å². The summed E-state index contributed by atoms with van der Waals surface area (Å²) in [6.45, 7) is 5.41. The summed E-state index contributed by atoms with van der Waals surface area (Å²) < 4.78 is 6.78. The molecule has 2 rings (SSSR count). The number of carbonyl (C=O) groups excluding carboxylic acids is 2. The van der Waals surface area contributed by atoms with Crippen molar-refractivity contribution in [2.24, 2.45) is 0 Å². The van der Waals surface area contributed by atoms with E-state index in [4.69, 9.17) is 16.3 Å². The van der Waals surface area contributed by atoms with Gasteiger partial charge in [-0.25, -0.2) is 9.48 Å². The molecule has 2 aromatic rings. The predicted molar refractivity (Wildman–Crippen MR) is 97.3 cm³/mol. The van der Waals surface area contributed by atoms with Crippen LogP contribution in [0, 0.1) is 0 Å². The van der Waals surface area contributed by atoms with Gasteiger partial charge in [0.25, 0.3) is 5.91 Å². The van der Waals surface area contributed by atoms with Crippen LogP contribution in [0.1, 0.15) is 32.4 Å². The normalized spacial score (nSPS) is 12.4. The number of hydrogen-bond acceptors (Lipinski definition) is 4. The number of aromatic nitrogens is 2. The Bertz CT molecular complexity index is 783. The number of esters is 1. The highest BCUT2D eigenvalue weighted by atomic mass is 35.5. The molecule has 25 heavy (non-hydrogen) atoms. The minimum atomic E-state index is -0.938. The lowest BCUT2D eigenvalue weighted by molar-refractivity contribution is -0.148. The Balaban J connectivity index is 1.92. The first-order valence-electron chi connectivity index (χ1n) is 7.85. The summed E-state index contributed by atoms with van der Waals surface area (Å²) in [7, 11) is 0. The van der Waals surface area contributed by atoms with Crippen LogP contribution in [0.25, 0.3) is 6.08 Å². The van der Waals surface area contributed by atoms with Gasteiger partial charge in [-0.05, 0) is 44.5 Å². The first kappa shape index (κ1) is 18.7. The highest BCUT2D eigenvalue weighted by molar-refractivity contribution is 6.30. The summed E-state index contributed by atoms with van der Waals surface area (Å²) in [5.74, 6) is -0.482. The van der Waals surface area contributed by atoms with Crippen LogP contribution < -0.4 is 5.32 Å². The molecular weight excluding hydrogens is 342 g/mol. The number of anilines is 1. The Morgan fingerprint density at radius 2 is 2.04 bits per heavy atom. The second-order valence-electron chi connectivity index (χ2n) is 5.71. The van der Waals surface area contributed by atoms with Gasteiger partial charge in [0.05, 0.1) is 6.20 Å². The van der Waals surface area contributed by atoms with Crippen LogP contribution in [0.5, 0.6) is 0 Å². The number of halogens is 1. The molecule has 0 bridgehead atoms. The average molecular weight is 362 g/mol. The molecule has 0 aliphatic carbocycles. The molecule has 0 aliphatic heterocycles. The highest BCUT2D eigenvalue weighted by Gasteiger charge is 2.18. The zero-order valence-electron chi connectivity index (χ0n) is 14.3. The lowest BCUT2D eigenvalue weighted by Gasteiger charge is -2.15. The van der Waals surface area contributed by atoms with Crippen LogP contribution in [-0.4, -0.2) is 27.8 Å². The smallest absolute Gasteiger partial charge is 0.331 e. The van der Waals surface area contributed by atoms with Crippen LogP contribution in [0.4, 0.5) is 5.82 Å². The minimum Gasteiger partial charge on any atom is -0.449 e. The Morgan fingerprint density at radius 1 is 1.28 bits per heavy atom. The summed E-state index contributed by atoms with van der Waals surface area (Å²) in [5, 5.41) is 7.41. The van der Waals surface area contributed by atoms with Crippen LogP contribution in [0.3, 0.4) is 0 Å². The van der Waals surface area contributed by atoms with Gasteiger partial charge < -0.3 is 10.1 Å². The second kappa shape index (κ2) is 8.48. The van der Waals surface area contributed by atoms with Gasteiger partial charge in [-0.15, -0.1) is 0 Å². The molecule has 0 spiro atoms. The Labute approximate surface area is 151 Å². The topological polar surface area (TPSA) is 73.2 Å². The van der Waals surface area contributed by atoms with Crippen molar-refractivity contribution in [3.8, 4) is 0 Å². The zero-order chi connectivity index (χ0) is 18.4. The average Bonchev–Trinajstić information content (AvgIpc) is 3.01. The van der Waals surface area contributed by atoms with E-state index in [1.165, 1.54) is 13.0 Å². The van der Waals surface area contributed by atoms with Gasteiger partial charge in [0, 0.05) is 23.2 Å². The molecule has 0 saturated carbocycles. The van der Waals surface area contributed by atoms with Gasteiger partial charge in [-0.1, -0.05) is 23.7 Å². The third-order valence-electron chi connectivity index (χ3n) is 3.33. The first-order valence-corrected chi connectivity index (χ1v) is 8.23. The maximum atomic E-state index is 12.2. The van der Waals surface area contributed by atoms with Crippen molar-refractivity contribution in [1.29, 1.82) is 0 Å². The lowest BCUT2D eigenvalue weighted by Crippen LogP contribution is -2.30. The van der Waals surface area contributed by atoms with E-state index in [2.05, 4.69) is 10.4 Å². The van der Waals surface area contributed by atoms with Crippen LogP contribution >= 0.6 is 11.6 Å². The Kier molecular flexibility index (Phi) is 6.36. The summed E-state index contributed by atoms with van der Waals surface area (Å²) in [6, 6.07) is 8.83. The number of benzene rings is 1. The fourth-order valence-electron chi connectivity index (χ4n) is 2.09. The molecule has 1 amide bonds. The fourth-order valence-corrected chi connectivity index (χ4v) is 2.29. The summed E-state index contributed by atoms with van der Waals surface area (Å²) >= 11 is 5.88. The number of nitrogens with zero attached hydrogens (tertiary/aromatic N) is 2. The first-order chi connectivity index (χ1) is 11.9. The Hall–Kier alpha value is -2.60. The molecule has 0 fully saturated rings. The number of nitrogens with one attached hydrogen (secondary N) is 1. The van der Waals surface area contributed by atoms with E-state index in [9.17, 15) is 9.59 Å². The predicted octanol–water partition coefficient (Wildman–Crippen LogP) is 3.70. The summed E-state index contributed by atoms with van der Waals surface area (Å²) in [4.78, 5) is 24.0. The molecule has 0 unspecified atom stereocenters. The second-order valence-corrected chi connectivity index (χ2v) is 6.15. The standard InChI is InChI=1S/C18H20ClN3O3/c1-12(2)22-16(9-10-20-22)21-18(24)13(3)25-17(23)8-7-14-5-4-6-15(19)11-14/h4-13H,1-3H3,(H,21,24)/b8-7+/t13-/m0/s1. The molecule has 1 heterocycles. The molecule has 1 aromatic heterocycles. The monoisotopic (exact) mass is 361 g/mol. The van der Waals surface area contributed by atoms with E-state index in [0.717, 1.165) is 5.56 Å². The molecule has 1 N–H and O–H groups in total. The van der Waals surface area contributed by atoms with Crippen molar-refractivity contribution in [2.75, 3.05) is 5.32 Å². The van der Waals surface area contributed by atoms with Crippen molar-refractivity contribution >= 4 is 35.4 Å². The molecular formula is C18H20ClN3O3. The van der Waals surface area contributed by atoms with E-state index in [0.29, 0.717) is 10.8 Å². The quantitative estimate of drug-likeness (QED) is 0.629. The SMILES string of the molecule is CC(C)n1nccc1NC(=O)[C@H](C)OC(=O)/C=C/c1cccc(Cl)c1. The maximum Gasteiger partial charge on any atom is 0.331 e. The van der Waals surface area contributed by atoms with Crippen molar-refractivity contribution < 1.29 is 14.3 Å². The molecule has 1 atom stereocenters. The van der Waals surface area contributed by atoms with Gasteiger partial charge in [-0.3, -0.25) is 4.79 Å². The molecule has 132 valence electrons. The van der Waals surface area contributed by atoms with Gasteiger partial charge in [0.15, 0.2) is 6.10 Å². The molecule has 6 nitrogen and oxygen atoms in total. The lowest BCUT2D eigenvalue weighted by atomic mass is 10.2. The fraction of sp³-hybridized carbons (Fsp3) is 0.278.